The quantitative estimate of drug-likeness (QED) is 0.580. The van der Waals surface area contributed by atoms with Crippen LogP contribution in [0.3, 0.4) is 0 Å². The van der Waals surface area contributed by atoms with E-state index in [9.17, 15) is 9.90 Å². The van der Waals surface area contributed by atoms with E-state index in [1.165, 1.54) is 0 Å². The number of carboxylic acids is 1. The molecule has 0 aliphatic heterocycles. The molecule has 80 valence electrons. The van der Waals surface area contributed by atoms with Gasteiger partial charge in [-0.25, -0.2) is 4.79 Å². The van der Waals surface area contributed by atoms with Crippen LogP contribution in [0.2, 0.25) is 0 Å². The third-order valence-electron chi connectivity index (χ3n) is 1.81. The van der Waals surface area contributed by atoms with E-state index in [1.54, 1.807) is 24.3 Å². The first-order chi connectivity index (χ1) is 6.93. The maximum Gasteiger partial charge on any atom is 0.376 e. The summed E-state index contributed by atoms with van der Waals surface area (Å²) in [6.07, 6.45) is 0. The van der Waals surface area contributed by atoms with Crippen molar-refractivity contribution >= 4 is 11.7 Å². The predicted molar refractivity (Wildman–Crippen MR) is 54.8 cm³/mol. The monoisotopic (exact) mass is 208 g/mol. The molecule has 1 atom stereocenters. The van der Waals surface area contributed by atoms with Gasteiger partial charge in [-0.1, -0.05) is 36.9 Å². The molecule has 2 N–H and O–H groups in total. The highest BCUT2D eigenvalue weighted by Gasteiger charge is 2.33. The molecule has 0 aromatic heterocycles. The molecule has 0 bridgehead atoms. The second-order valence-corrected chi connectivity index (χ2v) is 3.18. The van der Waals surface area contributed by atoms with Crippen molar-refractivity contribution in [2.24, 2.45) is 0 Å². The Kier molecular flexibility index (Phi) is 3.11. The lowest BCUT2D eigenvalue weighted by Gasteiger charge is -2.21. The molecule has 0 spiro atoms. The van der Waals surface area contributed by atoms with Crippen LogP contribution in [0.5, 0.6) is 0 Å². The van der Waals surface area contributed by atoms with Gasteiger partial charge in [-0.3, -0.25) is 0 Å². The Morgan fingerprint density at radius 3 is 2.40 bits per heavy atom. The fourth-order valence-electron chi connectivity index (χ4n) is 0.967. The Morgan fingerprint density at radius 2 is 1.93 bits per heavy atom. The van der Waals surface area contributed by atoms with Crippen LogP contribution < -0.4 is 0 Å². The van der Waals surface area contributed by atoms with Crippen LogP contribution in [0.1, 0.15) is 12.5 Å². The fourth-order valence-corrected chi connectivity index (χ4v) is 0.967. The summed E-state index contributed by atoms with van der Waals surface area (Å²) in [6, 6.07) is 8.76. The first-order valence-electron chi connectivity index (χ1n) is 4.32. The summed E-state index contributed by atoms with van der Waals surface area (Å²) in [6.45, 7) is 4.59. The van der Waals surface area contributed by atoms with E-state index in [2.05, 4.69) is 6.58 Å². The minimum Gasteiger partial charge on any atom is -0.476 e. The smallest absolute Gasteiger partial charge is 0.376 e. The lowest BCUT2D eigenvalue weighted by molar-refractivity contribution is -0.194. The number of aliphatic hydroxyl groups is 1. The molecule has 0 saturated carbocycles. The van der Waals surface area contributed by atoms with Gasteiger partial charge < -0.3 is 14.9 Å². The van der Waals surface area contributed by atoms with Crippen LogP contribution in [0, 0.1) is 0 Å². The van der Waals surface area contributed by atoms with Crippen molar-refractivity contribution < 1.29 is 19.7 Å². The van der Waals surface area contributed by atoms with Crippen LogP contribution in [0.25, 0.3) is 5.76 Å². The molecule has 1 aromatic carbocycles. The van der Waals surface area contributed by atoms with Gasteiger partial charge in [0, 0.05) is 12.5 Å². The molecule has 1 aromatic rings. The number of rotatable bonds is 4. The number of carboxylic acid groups (broad SMARTS) is 1. The van der Waals surface area contributed by atoms with Crippen molar-refractivity contribution in [3.05, 3.63) is 42.5 Å². The molecule has 15 heavy (non-hydrogen) atoms. The highest BCUT2D eigenvalue weighted by Crippen LogP contribution is 2.19. The van der Waals surface area contributed by atoms with Gasteiger partial charge in [0.2, 0.25) is 0 Å². The van der Waals surface area contributed by atoms with Crippen LogP contribution in [-0.2, 0) is 9.53 Å². The summed E-state index contributed by atoms with van der Waals surface area (Å²) in [5, 5.41) is 18.0. The van der Waals surface area contributed by atoms with Gasteiger partial charge in [-0.15, -0.1) is 0 Å². The minimum atomic E-state index is -2.26. The van der Waals surface area contributed by atoms with Gasteiger partial charge in [0.15, 0.2) is 0 Å². The molecule has 4 heteroatoms. The zero-order valence-corrected chi connectivity index (χ0v) is 8.30. The largest absolute Gasteiger partial charge is 0.476 e. The Hall–Kier alpha value is -1.81. The van der Waals surface area contributed by atoms with Gasteiger partial charge >= 0.3 is 11.8 Å². The summed E-state index contributed by atoms with van der Waals surface area (Å²) < 4.78 is 4.85. The van der Waals surface area contributed by atoms with Crippen molar-refractivity contribution in [1.82, 2.24) is 0 Å². The topological polar surface area (TPSA) is 66.8 Å². The number of ether oxygens (including phenoxy) is 1. The Labute approximate surface area is 87.4 Å². The molecule has 0 amide bonds. The molecule has 0 aliphatic carbocycles. The Bertz CT molecular complexity index is 367. The van der Waals surface area contributed by atoms with E-state index in [0.29, 0.717) is 5.56 Å². The molecule has 0 heterocycles. The Balaban J connectivity index is 2.77. The maximum absolute atomic E-state index is 10.6. The summed E-state index contributed by atoms with van der Waals surface area (Å²) in [4.78, 5) is 10.6. The standard InChI is InChI=1S/C11H12O4/c1-8(9-6-4-3-5-7-9)15-11(2,14)10(12)13/h3-7,14H,1H2,2H3,(H,12,13). The second-order valence-electron chi connectivity index (χ2n) is 3.18. The highest BCUT2D eigenvalue weighted by atomic mass is 16.6. The van der Waals surface area contributed by atoms with Crippen LogP contribution >= 0.6 is 0 Å². The number of hydrogen-bond acceptors (Lipinski definition) is 3. The van der Waals surface area contributed by atoms with Crippen LogP contribution in [0.4, 0.5) is 0 Å². The zero-order chi connectivity index (χ0) is 11.5. The lowest BCUT2D eigenvalue weighted by atomic mass is 10.2. The van der Waals surface area contributed by atoms with Gasteiger partial charge in [0.05, 0.1) is 0 Å². The van der Waals surface area contributed by atoms with E-state index in [4.69, 9.17) is 9.84 Å². The maximum atomic E-state index is 10.6. The van der Waals surface area contributed by atoms with Crippen molar-refractivity contribution in [3.63, 3.8) is 0 Å². The first kappa shape index (κ1) is 11.3. The molecule has 1 unspecified atom stereocenters. The number of carbonyl (C=O) groups is 1. The highest BCUT2D eigenvalue weighted by molar-refractivity contribution is 5.76. The molecule has 0 aliphatic rings. The molecular formula is C11H12O4. The van der Waals surface area contributed by atoms with Crippen molar-refractivity contribution in [2.75, 3.05) is 0 Å². The number of aliphatic carboxylic acids is 1. The van der Waals surface area contributed by atoms with E-state index >= 15 is 0 Å². The molecule has 0 fully saturated rings. The van der Waals surface area contributed by atoms with Gasteiger partial charge in [0.25, 0.3) is 0 Å². The number of benzene rings is 1. The summed E-state index contributed by atoms with van der Waals surface area (Å²) in [5.41, 5.74) is 0.624. The Morgan fingerprint density at radius 1 is 1.40 bits per heavy atom. The third kappa shape index (κ3) is 2.82. The molecule has 0 saturated heterocycles. The SMILES string of the molecule is C=C(OC(C)(O)C(=O)O)c1ccccc1. The summed E-state index contributed by atoms with van der Waals surface area (Å²) in [5.74, 6) is -3.60. The van der Waals surface area contributed by atoms with Crippen LogP contribution in [0.15, 0.2) is 36.9 Å². The van der Waals surface area contributed by atoms with Crippen LogP contribution in [-0.4, -0.2) is 22.0 Å². The average molecular weight is 208 g/mol. The summed E-state index contributed by atoms with van der Waals surface area (Å²) >= 11 is 0. The summed E-state index contributed by atoms with van der Waals surface area (Å²) in [7, 11) is 0. The molecule has 0 radical (unpaired) electrons. The van der Waals surface area contributed by atoms with E-state index in [1.807, 2.05) is 6.07 Å². The van der Waals surface area contributed by atoms with Gasteiger partial charge in [-0.2, -0.15) is 0 Å². The van der Waals surface area contributed by atoms with Gasteiger partial charge in [0.1, 0.15) is 5.76 Å². The van der Waals surface area contributed by atoms with E-state index in [-0.39, 0.29) is 5.76 Å². The van der Waals surface area contributed by atoms with Crippen molar-refractivity contribution in [3.8, 4) is 0 Å². The number of hydrogen-bond donors (Lipinski definition) is 2. The van der Waals surface area contributed by atoms with Crippen molar-refractivity contribution in [1.29, 1.82) is 0 Å². The third-order valence-corrected chi connectivity index (χ3v) is 1.81. The lowest BCUT2D eigenvalue weighted by Crippen LogP contribution is -2.37. The average Bonchev–Trinajstić information content (AvgIpc) is 2.18. The molecular weight excluding hydrogens is 196 g/mol. The van der Waals surface area contributed by atoms with E-state index < -0.39 is 11.8 Å². The van der Waals surface area contributed by atoms with Gasteiger partial charge in [-0.05, 0) is 0 Å². The fraction of sp³-hybridized carbons (Fsp3) is 0.182. The predicted octanol–water partition coefficient (Wildman–Crippen LogP) is 1.47. The molecule has 4 nitrogen and oxygen atoms in total. The normalized spacial score (nSPS) is 14.0. The second kappa shape index (κ2) is 4.14. The molecule has 1 rings (SSSR count). The van der Waals surface area contributed by atoms with E-state index in [0.717, 1.165) is 6.92 Å². The zero-order valence-electron chi connectivity index (χ0n) is 8.30. The first-order valence-corrected chi connectivity index (χ1v) is 4.32. The van der Waals surface area contributed by atoms with Crippen molar-refractivity contribution in [2.45, 2.75) is 12.7 Å². The minimum absolute atomic E-state index is 0.114.